The summed E-state index contributed by atoms with van der Waals surface area (Å²) in [7, 11) is 1.45. The quantitative estimate of drug-likeness (QED) is 0.815. The highest BCUT2D eigenvalue weighted by molar-refractivity contribution is 5.72. The van der Waals surface area contributed by atoms with Crippen molar-refractivity contribution in [2.45, 2.75) is 12.8 Å². The van der Waals surface area contributed by atoms with Crippen LogP contribution in [0.5, 0.6) is 0 Å². The van der Waals surface area contributed by atoms with Gasteiger partial charge < -0.3 is 9.64 Å². The molecule has 0 unspecified atom stereocenters. The monoisotopic (exact) mass is 297 g/mol. The first kappa shape index (κ1) is 14.5. The minimum atomic E-state index is -0.104. The van der Waals surface area contributed by atoms with E-state index in [1.165, 1.54) is 7.11 Å². The fourth-order valence-electron chi connectivity index (χ4n) is 2.80. The number of hydrogen-bond acceptors (Lipinski definition) is 5. The van der Waals surface area contributed by atoms with E-state index in [2.05, 4.69) is 14.9 Å². The van der Waals surface area contributed by atoms with Crippen molar-refractivity contribution in [3.63, 3.8) is 0 Å². The summed E-state index contributed by atoms with van der Waals surface area (Å²) in [5.74, 6) is 0.821. The number of piperidine rings is 1. The number of benzene rings is 1. The third kappa shape index (κ3) is 3.08. The van der Waals surface area contributed by atoms with Gasteiger partial charge in [0.05, 0.1) is 18.7 Å². The Balaban J connectivity index is 1.73. The number of aromatic nitrogens is 2. The van der Waals surface area contributed by atoms with E-state index in [9.17, 15) is 4.79 Å². The summed E-state index contributed by atoms with van der Waals surface area (Å²) in [6.45, 7) is 1.62. The zero-order valence-corrected chi connectivity index (χ0v) is 12.6. The molecule has 1 saturated heterocycles. The zero-order valence-electron chi connectivity index (χ0n) is 12.6. The van der Waals surface area contributed by atoms with Crippen LogP contribution in [-0.4, -0.2) is 36.1 Å². The smallest absolute Gasteiger partial charge is 0.308 e. The van der Waals surface area contributed by atoms with Crippen LogP contribution in [0, 0.1) is 5.92 Å². The van der Waals surface area contributed by atoms with E-state index >= 15 is 0 Å². The number of carbonyl (C=O) groups excluding carboxylic acids is 1. The normalized spacial score (nSPS) is 15.6. The van der Waals surface area contributed by atoms with Crippen LogP contribution in [-0.2, 0) is 9.53 Å². The molecular formula is C17H19N3O2. The van der Waals surface area contributed by atoms with Gasteiger partial charge in [0.25, 0.3) is 0 Å². The summed E-state index contributed by atoms with van der Waals surface area (Å²) in [5.41, 5.74) is 2.00. The summed E-state index contributed by atoms with van der Waals surface area (Å²) < 4.78 is 4.82. The molecule has 0 bridgehead atoms. The molecule has 0 saturated carbocycles. The van der Waals surface area contributed by atoms with Crippen molar-refractivity contribution in [1.29, 1.82) is 0 Å². The Labute approximate surface area is 130 Å². The van der Waals surface area contributed by atoms with Crippen molar-refractivity contribution in [3.05, 3.63) is 42.7 Å². The van der Waals surface area contributed by atoms with Crippen LogP contribution < -0.4 is 4.90 Å². The van der Waals surface area contributed by atoms with Crippen molar-refractivity contribution in [1.82, 2.24) is 9.97 Å². The molecule has 2 aromatic rings. The maximum Gasteiger partial charge on any atom is 0.308 e. The third-order valence-corrected chi connectivity index (χ3v) is 4.08. The van der Waals surface area contributed by atoms with Gasteiger partial charge in [0.1, 0.15) is 12.1 Å². The molecule has 0 N–H and O–H groups in total. The number of methoxy groups -OCH3 is 1. The average molecular weight is 297 g/mol. The highest BCUT2D eigenvalue weighted by Crippen LogP contribution is 2.25. The largest absolute Gasteiger partial charge is 0.469 e. The molecule has 1 aliphatic heterocycles. The highest BCUT2D eigenvalue weighted by Gasteiger charge is 2.26. The van der Waals surface area contributed by atoms with Gasteiger partial charge in [-0.25, -0.2) is 9.97 Å². The standard InChI is InChI=1S/C17H19N3O2/c1-22-17(21)14-7-9-20(10-8-14)16-11-15(18-12-19-16)13-5-3-2-4-6-13/h2-6,11-12,14H,7-10H2,1H3. The summed E-state index contributed by atoms with van der Waals surface area (Å²) in [5, 5.41) is 0. The first-order chi connectivity index (χ1) is 10.8. The van der Waals surface area contributed by atoms with E-state index in [1.54, 1.807) is 6.33 Å². The minimum Gasteiger partial charge on any atom is -0.469 e. The first-order valence-electron chi connectivity index (χ1n) is 7.48. The Bertz CT molecular complexity index is 637. The Morgan fingerprint density at radius 3 is 2.59 bits per heavy atom. The van der Waals surface area contributed by atoms with Crippen LogP contribution in [0.25, 0.3) is 11.3 Å². The lowest BCUT2D eigenvalue weighted by Crippen LogP contribution is -2.37. The van der Waals surface area contributed by atoms with Crippen molar-refractivity contribution in [3.8, 4) is 11.3 Å². The van der Waals surface area contributed by atoms with Gasteiger partial charge in [0.15, 0.2) is 0 Å². The van der Waals surface area contributed by atoms with E-state index in [1.807, 2.05) is 36.4 Å². The van der Waals surface area contributed by atoms with Crippen molar-refractivity contribution >= 4 is 11.8 Å². The average Bonchev–Trinajstić information content (AvgIpc) is 2.62. The molecule has 0 spiro atoms. The number of ether oxygens (including phenoxy) is 1. The lowest BCUT2D eigenvalue weighted by molar-refractivity contribution is -0.146. The Morgan fingerprint density at radius 1 is 1.18 bits per heavy atom. The molecule has 5 nitrogen and oxygen atoms in total. The lowest BCUT2D eigenvalue weighted by Gasteiger charge is -2.31. The molecule has 1 aliphatic rings. The minimum absolute atomic E-state index is 0.0108. The molecular weight excluding hydrogens is 278 g/mol. The van der Waals surface area contributed by atoms with Crippen molar-refractivity contribution in [2.75, 3.05) is 25.1 Å². The number of anilines is 1. The molecule has 1 aromatic heterocycles. The predicted molar refractivity (Wildman–Crippen MR) is 84.4 cm³/mol. The number of carbonyl (C=O) groups is 1. The van der Waals surface area contributed by atoms with Crippen molar-refractivity contribution in [2.24, 2.45) is 5.92 Å². The maximum atomic E-state index is 11.6. The Hall–Kier alpha value is -2.43. The Kier molecular flexibility index (Phi) is 4.32. The van der Waals surface area contributed by atoms with Gasteiger partial charge in [0.2, 0.25) is 0 Å². The summed E-state index contributed by atoms with van der Waals surface area (Å²) in [6, 6.07) is 12.1. The number of esters is 1. The second kappa shape index (κ2) is 6.56. The van der Waals surface area contributed by atoms with E-state index in [-0.39, 0.29) is 11.9 Å². The maximum absolute atomic E-state index is 11.6. The van der Waals surface area contributed by atoms with E-state index in [4.69, 9.17) is 4.74 Å². The highest BCUT2D eigenvalue weighted by atomic mass is 16.5. The van der Waals surface area contributed by atoms with Gasteiger partial charge in [-0.1, -0.05) is 30.3 Å². The number of rotatable bonds is 3. The molecule has 2 heterocycles. The fourth-order valence-corrected chi connectivity index (χ4v) is 2.80. The molecule has 22 heavy (non-hydrogen) atoms. The molecule has 0 amide bonds. The van der Waals surface area contributed by atoms with Gasteiger partial charge >= 0.3 is 5.97 Å². The second-order valence-electron chi connectivity index (χ2n) is 5.41. The van der Waals surface area contributed by atoms with Crippen LogP contribution >= 0.6 is 0 Å². The summed E-state index contributed by atoms with van der Waals surface area (Å²) in [6.07, 6.45) is 3.21. The van der Waals surface area contributed by atoms with E-state index in [0.29, 0.717) is 0 Å². The van der Waals surface area contributed by atoms with Crippen LogP contribution in [0.4, 0.5) is 5.82 Å². The van der Waals surface area contributed by atoms with Crippen LogP contribution in [0.3, 0.4) is 0 Å². The number of hydrogen-bond donors (Lipinski definition) is 0. The summed E-state index contributed by atoms with van der Waals surface area (Å²) >= 11 is 0. The molecule has 5 heteroatoms. The van der Waals surface area contributed by atoms with E-state index in [0.717, 1.165) is 43.0 Å². The lowest BCUT2D eigenvalue weighted by atomic mass is 9.97. The molecule has 1 fully saturated rings. The van der Waals surface area contributed by atoms with Gasteiger partial charge in [-0.05, 0) is 12.8 Å². The van der Waals surface area contributed by atoms with E-state index < -0.39 is 0 Å². The molecule has 0 radical (unpaired) electrons. The molecule has 1 aromatic carbocycles. The summed E-state index contributed by atoms with van der Waals surface area (Å²) in [4.78, 5) is 22.5. The van der Waals surface area contributed by atoms with Crippen LogP contribution in [0.2, 0.25) is 0 Å². The molecule has 0 aliphatic carbocycles. The second-order valence-corrected chi connectivity index (χ2v) is 5.41. The third-order valence-electron chi connectivity index (χ3n) is 4.08. The van der Waals surface area contributed by atoms with Crippen LogP contribution in [0.15, 0.2) is 42.7 Å². The number of nitrogens with zero attached hydrogens (tertiary/aromatic N) is 3. The molecule has 3 rings (SSSR count). The zero-order chi connectivity index (χ0) is 15.4. The fraction of sp³-hybridized carbons (Fsp3) is 0.353. The Morgan fingerprint density at radius 2 is 1.91 bits per heavy atom. The SMILES string of the molecule is COC(=O)C1CCN(c2cc(-c3ccccc3)ncn2)CC1. The van der Waals surface area contributed by atoms with Crippen molar-refractivity contribution < 1.29 is 9.53 Å². The predicted octanol–water partition coefficient (Wildman–Crippen LogP) is 2.53. The van der Waals surface area contributed by atoms with Gasteiger partial charge in [0, 0.05) is 24.7 Å². The van der Waals surface area contributed by atoms with Gasteiger partial charge in [-0.15, -0.1) is 0 Å². The molecule has 0 atom stereocenters. The topological polar surface area (TPSA) is 55.3 Å². The van der Waals surface area contributed by atoms with Crippen LogP contribution in [0.1, 0.15) is 12.8 Å². The molecule has 114 valence electrons. The van der Waals surface area contributed by atoms with Gasteiger partial charge in [-0.3, -0.25) is 4.79 Å². The first-order valence-corrected chi connectivity index (χ1v) is 7.48. The van der Waals surface area contributed by atoms with Gasteiger partial charge in [-0.2, -0.15) is 0 Å².